The SMILES string of the molecule is CCc1nc(CCc2ccccc2)sc1CN. The molecule has 0 aliphatic heterocycles. The first-order valence-electron chi connectivity index (χ1n) is 6.05. The van der Waals surface area contributed by atoms with Crippen LogP contribution in [-0.4, -0.2) is 4.98 Å². The highest BCUT2D eigenvalue weighted by molar-refractivity contribution is 7.11. The Bertz CT molecular complexity index is 441. The minimum Gasteiger partial charge on any atom is -0.326 e. The molecule has 0 atom stereocenters. The van der Waals surface area contributed by atoms with Gasteiger partial charge in [-0.05, 0) is 18.4 Å². The number of benzene rings is 1. The number of aromatic nitrogens is 1. The Morgan fingerprint density at radius 2 is 1.94 bits per heavy atom. The van der Waals surface area contributed by atoms with Crippen molar-refractivity contribution in [3.05, 3.63) is 51.5 Å². The number of rotatable bonds is 5. The maximum Gasteiger partial charge on any atom is 0.0934 e. The van der Waals surface area contributed by atoms with Gasteiger partial charge in [0, 0.05) is 17.8 Å². The Morgan fingerprint density at radius 3 is 2.53 bits per heavy atom. The van der Waals surface area contributed by atoms with E-state index in [1.54, 1.807) is 11.3 Å². The van der Waals surface area contributed by atoms with Crippen LogP contribution in [0.15, 0.2) is 30.3 Å². The van der Waals surface area contributed by atoms with Crippen LogP contribution in [0.3, 0.4) is 0 Å². The topological polar surface area (TPSA) is 38.9 Å². The molecule has 0 amide bonds. The minimum atomic E-state index is 0.617. The van der Waals surface area contributed by atoms with E-state index in [9.17, 15) is 0 Å². The standard InChI is InChI=1S/C14H18N2S/c1-2-12-13(10-15)17-14(16-12)9-8-11-6-4-3-5-7-11/h3-7H,2,8-10,15H2,1H3. The monoisotopic (exact) mass is 246 g/mol. The van der Waals surface area contributed by atoms with Gasteiger partial charge in [-0.25, -0.2) is 4.98 Å². The summed E-state index contributed by atoms with van der Waals surface area (Å²) in [5.41, 5.74) is 8.27. The predicted octanol–water partition coefficient (Wildman–Crippen LogP) is 2.95. The van der Waals surface area contributed by atoms with E-state index in [4.69, 9.17) is 5.73 Å². The van der Waals surface area contributed by atoms with Crippen molar-refractivity contribution in [2.75, 3.05) is 0 Å². The lowest BCUT2D eigenvalue weighted by atomic mass is 10.1. The maximum absolute atomic E-state index is 5.72. The van der Waals surface area contributed by atoms with Crippen LogP contribution >= 0.6 is 11.3 Å². The smallest absolute Gasteiger partial charge is 0.0934 e. The zero-order valence-electron chi connectivity index (χ0n) is 10.1. The Morgan fingerprint density at radius 1 is 1.18 bits per heavy atom. The summed E-state index contributed by atoms with van der Waals surface area (Å²) >= 11 is 1.77. The van der Waals surface area contributed by atoms with Gasteiger partial charge in [-0.15, -0.1) is 11.3 Å². The van der Waals surface area contributed by atoms with E-state index >= 15 is 0 Å². The van der Waals surface area contributed by atoms with Gasteiger partial charge in [0.2, 0.25) is 0 Å². The van der Waals surface area contributed by atoms with Crippen molar-refractivity contribution in [2.45, 2.75) is 32.7 Å². The van der Waals surface area contributed by atoms with Crippen LogP contribution in [0.5, 0.6) is 0 Å². The number of hydrogen-bond donors (Lipinski definition) is 1. The minimum absolute atomic E-state index is 0.617. The van der Waals surface area contributed by atoms with E-state index in [2.05, 4.69) is 42.2 Å². The van der Waals surface area contributed by atoms with Gasteiger partial charge in [-0.1, -0.05) is 37.3 Å². The molecule has 0 saturated heterocycles. The molecule has 0 fully saturated rings. The van der Waals surface area contributed by atoms with E-state index in [1.807, 2.05) is 0 Å². The van der Waals surface area contributed by atoms with E-state index < -0.39 is 0 Å². The molecule has 0 aliphatic carbocycles. The summed E-state index contributed by atoms with van der Waals surface area (Å²) in [6, 6.07) is 10.5. The van der Waals surface area contributed by atoms with Crippen molar-refractivity contribution in [3.63, 3.8) is 0 Å². The number of nitrogens with two attached hydrogens (primary N) is 1. The molecule has 0 spiro atoms. The van der Waals surface area contributed by atoms with E-state index in [0.717, 1.165) is 19.3 Å². The van der Waals surface area contributed by atoms with Gasteiger partial charge < -0.3 is 5.73 Å². The zero-order chi connectivity index (χ0) is 12.1. The summed E-state index contributed by atoms with van der Waals surface area (Å²) in [5, 5.41) is 1.21. The van der Waals surface area contributed by atoms with Crippen LogP contribution in [0.4, 0.5) is 0 Å². The average molecular weight is 246 g/mol. The second kappa shape index (κ2) is 5.94. The van der Waals surface area contributed by atoms with Crippen LogP contribution in [0.1, 0.15) is 28.1 Å². The molecule has 90 valence electrons. The highest BCUT2D eigenvalue weighted by atomic mass is 32.1. The third kappa shape index (κ3) is 3.14. The van der Waals surface area contributed by atoms with E-state index in [0.29, 0.717) is 6.54 Å². The lowest BCUT2D eigenvalue weighted by Gasteiger charge is -1.97. The van der Waals surface area contributed by atoms with E-state index in [-0.39, 0.29) is 0 Å². The largest absolute Gasteiger partial charge is 0.326 e. The van der Waals surface area contributed by atoms with E-state index in [1.165, 1.54) is 21.1 Å². The third-order valence-electron chi connectivity index (χ3n) is 2.81. The highest BCUT2D eigenvalue weighted by Crippen LogP contribution is 2.20. The molecule has 1 heterocycles. The lowest BCUT2D eigenvalue weighted by Crippen LogP contribution is -1.97. The van der Waals surface area contributed by atoms with Crippen molar-refractivity contribution >= 4 is 11.3 Å². The van der Waals surface area contributed by atoms with Crippen LogP contribution in [0, 0.1) is 0 Å². The molecule has 1 aromatic heterocycles. The summed E-state index contributed by atoms with van der Waals surface area (Å²) in [5.74, 6) is 0. The summed E-state index contributed by atoms with van der Waals surface area (Å²) in [6.07, 6.45) is 3.05. The first-order chi connectivity index (χ1) is 8.33. The molecule has 2 aromatic rings. The van der Waals surface area contributed by atoms with Gasteiger partial charge in [-0.3, -0.25) is 0 Å². The molecule has 2 rings (SSSR count). The molecule has 0 aliphatic rings. The van der Waals surface area contributed by atoms with Gasteiger partial charge in [0.1, 0.15) is 0 Å². The molecule has 0 saturated carbocycles. The fourth-order valence-corrected chi connectivity index (χ4v) is 2.91. The summed E-state index contributed by atoms with van der Waals surface area (Å²) in [6.45, 7) is 2.75. The van der Waals surface area contributed by atoms with Crippen molar-refractivity contribution in [1.82, 2.24) is 4.98 Å². The third-order valence-corrected chi connectivity index (χ3v) is 3.99. The molecular weight excluding hydrogens is 228 g/mol. The molecule has 3 heteroatoms. The van der Waals surface area contributed by atoms with Gasteiger partial charge in [-0.2, -0.15) is 0 Å². The quantitative estimate of drug-likeness (QED) is 0.881. The first-order valence-corrected chi connectivity index (χ1v) is 6.86. The summed E-state index contributed by atoms with van der Waals surface area (Å²) in [7, 11) is 0. The van der Waals surface area contributed by atoms with Gasteiger partial charge in [0.15, 0.2) is 0 Å². The molecule has 0 radical (unpaired) electrons. The van der Waals surface area contributed by atoms with Crippen LogP contribution < -0.4 is 5.73 Å². The van der Waals surface area contributed by atoms with Crippen LogP contribution in [-0.2, 0) is 25.8 Å². The molecule has 2 nitrogen and oxygen atoms in total. The Kier molecular flexibility index (Phi) is 4.29. The molecule has 1 aromatic carbocycles. The number of hydrogen-bond acceptors (Lipinski definition) is 3. The average Bonchev–Trinajstić information content (AvgIpc) is 2.80. The van der Waals surface area contributed by atoms with Crippen molar-refractivity contribution in [3.8, 4) is 0 Å². The van der Waals surface area contributed by atoms with Crippen LogP contribution in [0.2, 0.25) is 0 Å². The molecule has 17 heavy (non-hydrogen) atoms. The van der Waals surface area contributed by atoms with Gasteiger partial charge in [0.25, 0.3) is 0 Å². The maximum atomic E-state index is 5.72. The Balaban J connectivity index is 2.02. The predicted molar refractivity (Wildman–Crippen MR) is 73.2 cm³/mol. The number of thiazole rings is 1. The Labute approximate surface area is 107 Å². The first kappa shape index (κ1) is 12.3. The van der Waals surface area contributed by atoms with Crippen molar-refractivity contribution in [1.29, 1.82) is 0 Å². The molecular formula is C14H18N2S. The summed E-state index contributed by atoms with van der Waals surface area (Å²) < 4.78 is 0. The zero-order valence-corrected chi connectivity index (χ0v) is 11.0. The molecule has 2 N–H and O–H groups in total. The summed E-state index contributed by atoms with van der Waals surface area (Å²) in [4.78, 5) is 5.90. The second-order valence-corrected chi connectivity index (χ2v) is 5.19. The highest BCUT2D eigenvalue weighted by Gasteiger charge is 2.08. The van der Waals surface area contributed by atoms with Gasteiger partial charge in [0.05, 0.1) is 10.7 Å². The van der Waals surface area contributed by atoms with Crippen LogP contribution in [0.25, 0.3) is 0 Å². The number of nitrogens with zero attached hydrogens (tertiary/aromatic N) is 1. The van der Waals surface area contributed by atoms with Gasteiger partial charge >= 0.3 is 0 Å². The van der Waals surface area contributed by atoms with Crippen molar-refractivity contribution in [2.24, 2.45) is 5.73 Å². The fourth-order valence-electron chi connectivity index (χ4n) is 1.88. The fraction of sp³-hybridized carbons (Fsp3) is 0.357. The van der Waals surface area contributed by atoms with Crippen molar-refractivity contribution < 1.29 is 0 Å². The Hall–Kier alpha value is -1.19. The molecule has 0 bridgehead atoms. The normalized spacial score (nSPS) is 10.7. The number of aryl methyl sites for hydroxylation is 3. The lowest BCUT2D eigenvalue weighted by molar-refractivity contribution is 0.913. The molecule has 0 unspecified atom stereocenters. The second-order valence-electron chi connectivity index (χ2n) is 4.02.